The molecule has 7 nitrogen and oxygen atoms in total. The summed E-state index contributed by atoms with van der Waals surface area (Å²) >= 11 is 0. The number of piperazine rings is 1. The second kappa shape index (κ2) is 6.28. The molecule has 0 aliphatic carbocycles. The summed E-state index contributed by atoms with van der Waals surface area (Å²) in [6, 6.07) is -0.188. The molecule has 1 aliphatic heterocycles. The van der Waals surface area contributed by atoms with E-state index in [1.807, 2.05) is 32.6 Å². The van der Waals surface area contributed by atoms with E-state index in [-0.39, 0.29) is 23.0 Å². The highest BCUT2D eigenvalue weighted by Gasteiger charge is 2.32. The fraction of sp³-hybridized carbons (Fsp3) is 0.917. The van der Waals surface area contributed by atoms with Gasteiger partial charge in [0.1, 0.15) is 0 Å². The van der Waals surface area contributed by atoms with Crippen LogP contribution >= 0.6 is 0 Å². The minimum absolute atomic E-state index is 0.149. The number of hydrogen-bond acceptors (Lipinski definition) is 5. The minimum atomic E-state index is -3.22. The first-order valence-corrected chi connectivity index (χ1v) is 8.37. The Bertz CT molecular complexity index is 448. The van der Waals surface area contributed by atoms with Crippen molar-refractivity contribution >= 4 is 15.9 Å². The molecule has 0 spiro atoms. The van der Waals surface area contributed by atoms with E-state index in [9.17, 15) is 8.42 Å². The summed E-state index contributed by atoms with van der Waals surface area (Å²) in [5.74, 6) is 0.298. The lowest BCUT2D eigenvalue weighted by Crippen LogP contribution is -2.55. The van der Waals surface area contributed by atoms with Crippen LogP contribution in [0, 0.1) is 5.41 Å². The van der Waals surface area contributed by atoms with Gasteiger partial charge in [0.05, 0.1) is 11.8 Å². The van der Waals surface area contributed by atoms with Gasteiger partial charge in [-0.3, -0.25) is 4.90 Å². The molecule has 0 radical (unpaired) electrons. The standard InChI is InChI=1S/C12H26N4O3S/c1-10(11(13)14-17)15-5-7-16(8-6-15)20(18,19)9-12(2,3)4/h10,17H,5-9H2,1-4H3,(H2,13,14). The second-order valence-corrected chi connectivity index (χ2v) is 8.42. The Kier molecular flexibility index (Phi) is 5.39. The van der Waals surface area contributed by atoms with Crippen LogP contribution in [-0.4, -0.2) is 66.6 Å². The zero-order valence-electron chi connectivity index (χ0n) is 12.7. The molecule has 20 heavy (non-hydrogen) atoms. The van der Waals surface area contributed by atoms with Crippen LogP contribution < -0.4 is 5.73 Å². The van der Waals surface area contributed by atoms with Crippen LogP contribution in [0.5, 0.6) is 0 Å². The largest absolute Gasteiger partial charge is 0.409 e. The van der Waals surface area contributed by atoms with Gasteiger partial charge in [-0.2, -0.15) is 4.31 Å². The van der Waals surface area contributed by atoms with E-state index in [0.717, 1.165) is 0 Å². The van der Waals surface area contributed by atoms with Gasteiger partial charge in [0.15, 0.2) is 5.84 Å². The summed E-state index contributed by atoms with van der Waals surface area (Å²) in [5.41, 5.74) is 5.32. The van der Waals surface area contributed by atoms with Gasteiger partial charge in [-0.05, 0) is 12.3 Å². The van der Waals surface area contributed by atoms with Gasteiger partial charge in [0.25, 0.3) is 0 Å². The Hall–Kier alpha value is -0.860. The predicted molar refractivity (Wildman–Crippen MR) is 79.3 cm³/mol. The third kappa shape index (κ3) is 4.60. The molecule has 1 rings (SSSR count). The van der Waals surface area contributed by atoms with Crippen molar-refractivity contribution in [2.75, 3.05) is 31.9 Å². The van der Waals surface area contributed by atoms with E-state index in [1.54, 1.807) is 0 Å². The summed E-state index contributed by atoms with van der Waals surface area (Å²) in [6.45, 7) is 9.66. The second-order valence-electron chi connectivity index (χ2n) is 6.45. The predicted octanol–water partition coefficient (Wildman–Crippen LogP) is 0.115. The van der Waals surface area contributed by atoms with Crippen LogP contribution in [0.25, 0.3) is 0 Å². The van der Waals surface area contributed by atoms with Crippen LogP contribution in [0.4, 0.5) is 0 Å². The Morgan fingerprint density at radius 3 is 2.20 bits per heavy atom. The first-order chi connectivity index (χ1) is 9.07. The zero-order valence-corrected chi connectivity index (χ0v) is 13.5. The van der Waals surface area contributed by atoms with Crippen molar-refractivity contribution in [3.05, 3.63) is 0 Å². The maximum atomic E-state index is 12.3. The topological polar surface area (TPSA) is 99.2 Å². The first-order valence-electron chi connectivity index (χ1n) is 6.76. The molecule has 1 heterocycles. The number of nitrogens with two attached hydrogens (primary N) is 1. The summed E-state index contributed by atoms with van der Waals surface area (Å²) in [6.07, 6.45) is 0. The summed E-state index contributed by atoms with van der Waals surface area (Å²) in [7, 11) is -3.22. The lowest BCUT2D eigenvalue weighted by atomic mass is 10.0. The molecule has 0 bridgehead atoms. The van der Waals surface area contributed by atoms with Gasteiger partial charge in [-0.25, -0.2) is 8.42 Å². The van der Waals surface area contributed by atoms with Crippen molar-refractivity contribution in [1.29, 1.82) is 0 Å². The average Bonchev–Trinajstić information content (AvgIpc) is 2.34. The van der Waals surface area contributed by atoms with Gasteiger partial charge in [-0.1, -0.05) is 25.9 Å². The number of rotatable bonds is 4. The van der Waals surface area contributed by atoms with Crippen molar-refractivity contribution in [1.82, 2.24) is 9.21 Å². The molecule has 1 saturated heterocycles. The van der Waals surface area contributed by atoms with Gasteiger partial charge in [0, 0.05) is 26.2 Å². The molecule has 0 aromatic carbocycles. The number of hydrogen-bond donors (Lipinski definition) is 2. The molecule has 1 aliphatic rings. The molecule has 0 aromatic rings. The maximum Gasteiger partial charge on any atom is 0.214 e. The van der Waals surface area contributed by atoms with Gasteiger partial charge in [-0.15, -0.1) is 0 Å². The monoisotopic (exact) mass is 306 g/mol. The number of amidine groups is 1. The fourth-order valence-electron chi connectivity index (χ4n) is 2.28. The van der Waals surface area contributed by atoms with Crippen molar-refractivity contribution in [2.45, 2.75) is 33.7 Å². The normalized spacial score (nSPS) is 21.9. The quantitative estimate of drug-likeness (QED) is 0.332. The van der Waals surface area contributed by atoms with Crippen LogP contribution in [0.2, 0.25) is 0 Å². The summed E-state index contributed by atoms with van der Waals surface area (Å²) in [5, 5.41) is 11.7. The molecular formula is C12H26N4O3S. The Morgan fingerprint density at radius 1 is 1.30 bits per heavy atom. The van der Waals surface area contributed by atoms with Crippen LogP contribution in [0.3, 0.4) is 0 Å². The van der Waals surface area contributed by atoms with Crippen molar-refractivity contribution in [2.24, 2.45) is 16.3 Å². The zero-order chi connectivity index (χ0) is 15.6. The van der Waals surface area contributed by atoms with E-state index in [2.05, 4.69) is 5.16 Å². The highest BCUT2D eigenvalue weighted by molar-refractivity contribution is 7.89. The van der Waals surface area contributed by atoms with Crippen molar-refractivity contribution in [3.63, 3.8) is 0 Å². The number of sulfonamides is 1. The lowest BCUT2D eigenvalue weighted by molar-refractivity contribution is 0.170. The van der Waals surface area contributed by atoms with E-state index in [1.165, 1.54) is 4.31 Å². The number of oxime groups is 1. The molecule has 1 fully saturated rings. The molecule has 1 unspecified atom stereocenters. The molecular weight excluding hydrogens is 280 g/mol. The van der Waals surface area contributed by atoms with Crippen LogP contribution in [0.1, 0.15) is 27.7 Å². The molecule has 118 valence electrons. The van der Waals surface area contributed by atoms with Gasteiger partial charge >= 0.3 is 0 Å². The smallest absolute Gasteiger partial charge is 0.214 e. The first kappa shape index (κ1) is 17.2. The molecule has 0 amide bonds. The molecule has 3 N–H and O–H groups in total. The van der Waals surface area contributed by atoms with Crippen LogP contribution in [0.15, 0.2) is 5.16 Å². The van der Waals surface area contributed by atoms with Gasteiger partial charge < -0.3 is 10.9 Å². The number of nitrogens with zero attached hydrogens (tertiary/aromatic N) is 3. The highest BCUT2D eigenvalue weighted by Crippen LogP contribution is 2.20. The molecule has 0 saturated carbocycles. The van der Waals surface area contributed by atoms with E-state index < -0.39 is 10.0 Å². The Balaban J connectivity index is 2.63. The molecule has 8 heteroatoms. The van der Waals surface area contributed by atoms with Gasteiger partial charge in [0.2, 0.25) is 10.0 Å². The SMILES string of the molecule is CC(C(N)=NO)N1CCN(S(=O)(=O)CC(C)(C)C)CC1. The van der Waals surface area contributed by atoms with Crippen LogP contribution in [-0.2, 0) is 10.0 Å². The fourth-order valence-corrected chi connectivity index (χ4v) is 4.27. The Morgan fingerprint density at radius 2 is 1.80 bits per heavy atom. The summed E-state index contributed by atoms with van der Waals surface area (Å²) in [4.78, 5) is 2.01. The molecule has 1 atom stereocenters. The average molecular weight is 306 g/mol. The van der Waals surface area contributed by atoms with E-state index in [4.69, 9.17) is 10.9 Å². The lowest BCUT2D eigenvalue weighted by Gasteiger charge is -2.37. The van der Waals surface area contributed by atoms with Crippen molar-refractivity contribution in [3.8, 4) is 0 Å². The van der Waals surface area contributed by atoms with E-state index in [0.29, 0.717) is 26.2 Å². The van der Waals surface area contributed by atoms with E-state index >= 15 is 0 Å². The third-order valence-corrected chi connectivity index (χ3v) is 5.76. The van der Waals surface area contributed by atoms with Crippen molar-refractivity contribution < 1.29 is 13.6 Å². The minimum Gasteiger partial charge on any atom is -0.409 e. The summed E-state index contributed by atoms with van der Waals surface area (Å²) < 4.78 is 26.1. The molecule has 0 aromatic heterocycles. The maximum absolute atomic E-state index is 12.3. The highest BCUT2D eigenvalue weighted by atomic mass is 32.2. The third-order valence-electron chi connectivity index (χ3n) is 3.37. The Labute approximate surface area is 121 Å².